The van der Waals surface area contributed by atoms with Crippen molar-refractivity contribution in [1.82, 2.24) is 15.1 Å². The molecule has 0 fully saturated rings. The molecular formula is C28H29N5O2. The Balaban J connectivity index is 1.42. The molecule has 1 heterocycles. The van der Waals surface area contributed by atoms with Crippen LogP contribution in [0.15, 0.2) is 78.9 Å². The van der Waals surface area contributed by atoms with Gasteiger partial charge in [0.1, 0.15) is 0 Å². The van der Waals surface area contributed by atoms with Crippen LogP contribution < -0.4 is 16.0 Å². The van der Waals surface area contributed by atoms with Crippen molar-refractivity contribution in [2.45, 2.75) is 26.9 Å². The van der Waals surface area contributed by atoms with Gasteiger partial charge in [-0.3, -0.25) is 14.3 Å². The van der Waals surface area contributed by atoms with Crippen LogP contribution >= 0.6 is 0 Å². The summed E-state index contributed by atoms with van der Waals surface area (Å²) < 4.78 is 1.84. The predicted octanol–water partition coefficient (Wildman–Crippen LogP) is 4.77. The van der Waals surface area contributed by atoms with Crippen molar-refractivity contribution in [2.24, 2.45) is 0 Å². The third kappa shape index (κ3) is 5.76. The number of amides is 2. The van der Waals surface area contributed by atoms with E-state index in [1.165, 1.54) is 0 Å². The summed E-state index contributed by atoms with van der Waals surface area (Å²) in [4.78, 5) is 24.9. The zero-order valence-corrected chi connectivity index (χ0v) is 20.1. The average Bonchev–Trinajstić information content (AvgIpc) is 3.15. The molecule has 0 atom stereocenters. The van der Waals surface area contributed by atoms with Gasteiger partial charge in [-0.15, -0.1) is 0 Å². The smallest absolute Gasteiger partial charge is 0.255 e. The Morgan fingerprint density at radius 2 is 1.57 bits per heavy atom. The van der Waals surface area contributed by atoms with Gasteiger partial charge in [0.15, 0.2) is 0 Å². The Kier molecular flexibility index (Phi) is 7.26. The molecule has 7 nitrogen and oxygen atoms in total. The third-order valence-corrected chi connectivity index (χ3v) is 5.86. The van der Waals surface area contributed by atoms with Crippen molar-refractivity contribution >= 4 is 23.2 Å². The van der Waals surface area contributed by atoms with Crippen molar-refractivity contribution < 1.29 is 9.59 Å². The van der Waals surface area contributed by atoms with E-state index in [4.69, 9.17) is 0 Å². The van der Waals surface area contributed by atoms with Crippen LogP contribution in [0.1, 0.15) is 43.2 Å². The fourth-order valence-electron chi connectivity index (χ4n) is 3.88. The maximum atomic E-state index is 12.9. The summed E-state index contributed by atoms with van der Waals surface area (Å²) in [6.45, 7) is 4.98. The first kappa shape index (κ1) is 23.8. The van der Waals surface area contributed by atoms with Gasteiger partial charge in [-0.25, -0.2) is 0 Å². The molecule has 4 aromatic rings. The number of hydrogen-bond donors (Lipinski definition) is 3. The maximum Gasteiger partial charge on any atom is 0.255 e. The van der Waals surface area contributed by atoms with E-state index >= 15 is 0 Å². The number of anilines is 2. The van der Waals surface area contributed by atoms with E-state index in [1.54, 1.807) is 13.1 Å². The number of para-hydroxylation sites is 1. The molecular weight excluding hydrogens is 438 g/mol. The van der Waals surface area contributed by atoms with Gasteiger partial charge < -0.3 is 16.0 Å². The number of benzene rings is 3. The first-order valence-electron chi connectivity index (χ1n) is 11.5. The predicted molar refractivity (Wildman–Crippen MR) is 139 cm³/mol. The van der Waals surface area contributed by atoms with Gasteiger partial charge >= 0.3 is 0 Å². The van der Waals surface area contributed by atoms with Crippen molar-refractivity contribution in [3.8, 4) is 0 Å². The molecule has 0 unspecified atom stereocenters. The molecule has 0 aliphatic heterocycles. The van der Waals surface area contributed by atoms with Crippen LogP contribution in [-0.4, -0.2) is 28.6 Å². The Labute approximate surface area is 205 Å². The summed E-state index contributed by atoms with van der Waals surface area (Å²) >= 11 is 0. The van der Waals surface area contributed by atoms with Crippen molar-refractivity contribution in [3.05, 3.63) is 113 Å². The molecule has 0 saturated heterocycles. The van der Waals surface area contributed by atoms with E-state index in [-0.39, 0.29) is 11.8 Å². The Morgan fingerprint density at radius 3 is 2.29 bits per heavy atom. The number of carbonyl (C=O) groups excluding carboxylic acids is 2. The van der Waals surface area contributed by atoms with E-state index in [9.17, 15) is 9.59 Å². The van der Waals surface area contributed by atoms with Gasteiger partial charge in [0.2, 0.25) is 0 Å². The summed E-state index contributed by atoms with van der Waals surface area (Å²) in [7, 11) is 1.61. The number of nitrogens with zero attached hydrogens (tertiary/aromatic N) is 2. The lowest BCUT2D eigenvalue weighted by Gasteiger charge is -2.09. The topological polar surface area (TPSA) is 88.1 Å². The minimum Gasteiger partial charge on any atom is -0.381 e. The van der Waals surface area contributed by atoms with E-state index in [0.29, 0.717) is 29.9 Å². The third-order valence-electron chi connectivity index (χ3n) is 5.86. The molecule has 0 bridgehead atoms. The highest BCUT2D eigenvalue weighted by Gasteiger charge is 2.16. The molecule has 0 radical (unpaired) electrons. The standard InChI is InChI=1S/C28H29N5O2/c1-19-26(20(2)33(32-19)18-22-8-7-9-24(16-22)27(34)29-3)31-28(35)23-14-12-21(13-15-23)17-30-25-10-5-4-6-11-25/h4-16,30H,17-18H2,1-3H3,(H,29,34)(H,31,35). The fourth-order valence-corrected chi connectivity index (χ4v) is 3.88. The number of nitrogens with one attached hydrogen (secondary N) is 3. The van der Waals surface area contributed by atoms with Crippen LogP contribution in [0.5, 0.6) is 0 Å². The molecule has 0 spiro atoms. The largest absolute Gasteiger partial charge is 0.381 e. The van der Waals surface area contributed by atoms with Gasteiger partial charge in [0, 0.05) is 30.4 Å². The molecule has 2 amide bonds. The molecule has 35 heavy (non-hydrogen) atoms. The van der Waals surface area contributed by atoms with Crippen LogP contribution in [0.4, 0.5) is 11.4 Å². The molecule has 1 aromatic heterocycles. The lowest BCUT2D eigenvalue weighted by molar-refractivity contribution is 0.0962. The second-order valence-corrected chi connectivity index (χ2v) is 8.35. The highest BCUT2D eigenvalue weighted by molar-refractivity contribution is 6.04. The van der Waals surface area contributed by atoms with E-state index in [0.717, 1.165) is 28.2 Å². The van der Waals surface area contributed by atoms with Crippen LogP contribution in [0.3, 0.4) is 0 Å². The Hall–Kier alpha value is -4.39. The summed E-state index contributed by atoms with van der Waals surface area (Å²) in [5.41, 5.74) is 6.57. The summed E-state index contributed by atoms with van der Waals surface area (Å²) in [5.74, 6) is -0.310. The lowest BCUT2D eigenvalue weighted by Crippen LogP contribution is -2.18. The highest BCUT2D eigenvalue weighted by Crippen LogP contribution is 2.22. The monoisotopic (exact) mass is 467 g/mol. The minimum absolute atomic E-state index is 0.130. The second-order valence-electron chi connectivity index (χ2n) is 8.35. The first-order chi connectivity index (χ1) is 16.9. The normalized spacial score (nSPS) is 10.6. The van der Waals surface area contributed by atoms with Gasteiger partial charge in [-0.2, -0.15) is 5.10 Å². The molecule has 0 aliphatic carbocycles. The van der Waals surface area contributed by atoms with Crippen LogP contribution in [0.2, 0.25) is 0 Å². The number of carbonyl (C=O) groups is 2. The van der Waals surface area contributed by atoms with Crippen molar-refractivity contribution in [2.75, 3.05) is 17.7 Å². The van der Waals surface area contributed by atoms with Crippen LogP contribution in [-0.2, 0) is 13.1 Å². The summed E-state index contributed by atoms with van der Waals surface area (Å²) in [6, 6.07) is 25.0. The molecule has 3 aromatic carbocycles. The molecule has 178 valence electrons. The van der Waals surface area contributed by atoms with E-state index < -0.39 is 0 Å². The van der Waals surface area contributed by atoms with Gasteiger partial charge in [-0.05, 0) is 61.4 Å². The minimum atomic E-state index is -0.181. The summed E-state index contributed by atoms with van der Waals surface area (Å²) in [6.07, 6.45) is 0. The number of hydrogen-bond acceptors (Lipinski definition) is 4. The molecule has 0 saturated carbocycles. The Bertz CT molecular complexity index is 1330. The number of aryl methyl sites for hydroxylation is 1. The van der Waals surface area contributed by atoms with Crippen LogP contribution in [0.25, 0.3) is 0 Å². The second kappa shape index (κ2) is 10.7. The molecule has 7 heteroatoms. The van der Waals surface area contributed by atoms with Gasteiger partial charge in [0.05, 0.1) is 23.6 Å². The maximum absolute atomic E-state index is 12.9. The zero-order valence-electron chi connectivity index (χ0n) is 20.1. The molecule has 0 aliphatic rings. The summed E-state index contributed by atoms with van der Waals surface area (Å²) in [5, 5.41) is 13.6. The van der Waals surface area contributed by atoms with E-state index in [1.807, 2.05) is 91.3 Å². The van der Waals surface area contributed by atoms with Crippen LogP contribution in [0, 0.1) is 13.8 Å². The first-order valence-corrected chi connectivity index (χ1v) is 11.5. The van der Waals surface area contributed by atoms with Gasteiger partial charge in [0.25, 0.3) is 11.8 Å². The van der Waals surface area contributed by atoms with Gasteiger partial charge in [-0.1, -0.05) is 42.5 Å². The highest BCUT2D eigenvalue weighted by atomic mass is 16.2. The number of aromatic nitrogens is 2. The lowest BCUT2D eigenvalue weighted by atomic mass is 10.1. The zero-order chi connectivity index (χ0) is 24.8. The average molecular weight is 468 g/mol. The molecule has 4 rings (SSSR count). The Morgan fingerprint density at radius 1 is 0.829 bits per heavy atom. The SMILES string of the molecule is CNC(=O)c1cccc(Cn2nc(C)c(NC(=O)c3ccc(CNc4ccccc4)cc3)c2C)c1. The number of rotatable bonds is 8. The van der Waals surface area contributed by atoms with Crippen molar-refractivity contribution in [3.63, 3.8) is 0 Å². The molecule has 3 N–H and O–H groups in total. The van der Waals surface area contributed by atoms with Crippen molar-refractivity contribution in [1.29, 1.82) is 0 Å². The fraction of sp³-hybridized carbons (Fsp3) is 0.179. The van der Waals surface area contributed by atoms with E-state index in [2.05, 4.69) is 21.0 Å². The quantitative estimate of drug-likeness (QED) is 0.348.